The van der Waals surface area contributed by atoms with Gasteiger partial charge in [-0.15, -0.1) is 0 Å². The van der Waals surface area contributed by atoms with Crippen LogP contribution in [0.2, 0.25) is 0 Å². The number of benzene rings is 2. The normalized spacial score (nSPS) is 10.4. The zero-order chi connectivity index (χ0) is 18.7. The first-order valence-corrected chi connectivity index (χ1v) is 6.61. The van der Waals surface area contributed by atoms with Gasteiger partial charge in [0, 0.05) is 5.56 Å². The van der Waals surface area contributed by atoms with Crippen LogP contribution in [0.1, 0.15) is 10.4 Å². The topological polar surface area (TPSA) is 59.6 Å². The van der Waals surface area contributed by atoms with Gasteiger partial charge < -0.3 is 9.47 Å². The Morgan fingerprint density at radius 2 is 1.36 bits per heavy atom. The van der Waals surface area contributed by atoms with Crippen LogP contribution in [0.3, 0.4) is 0 Å². The molecule has 0 heterocycles. The maximum Gasteiger partial charge on any atom is 0.269 e. The Bertz CT molecular complexity index is 800. The molecule has 0 saturated carbocycles. The van der Waals surface area contributed by atoms with Gasteiger partial charge in [-0.1, -0.05) is 0 Å². The minimum absolute atomic E-state index is 0.0194. The SMILES string of the molecule is COc1ccc(C(=O)NNc2c(F)c(F)c(F)c(F)c2F)cc1OC. The lowest BCUT2D eigenvalue weighted by Gasteiger charge is -2.13. The number of hydrazine groups is 1. The molecule has 0 saturated heterocycles. The van der Waals surface area contributed by atoms with Crippen LogP contribution in [0, 0.1) is 29.1 Å². The fraction of sp³-hybridized carbons (Fsp3) is 0.133. The van der Waals surface area contributed by atoms with Crippen molar-refractivity contribution in [3.8, 4) is 11.5 Å². The lowest BCUT2D eigenvalue weighted by atomic mass is 10.2. The van der Waals surface area contributed by atoms with Gasteiger partial charge in [-0.3, -0.25) is 15.6 Å². The Balaban J connectivity index is 2.24. The van der Waals surface area contributed by atoms with Crippen LogP contribution >= 0.6 is 0 Å². The number of rotatable bonds is 5. The van der Waals surface area contributed by atoms with Crippen molar-refractivity contribution in [2.24, 2.45) is 0 Å². The van der Waals surface area contributed by atoms with Gasteiger partial charge in [-0.25, -0.2) is 22.0 Å². The monoisotopic (exact) mass is 362 g/mol. The van der Waals surface area contributed by atoms with E-state index in [4.69, 9.17) is 9.47 Å². The van der Waals surface area contributed by atoms with Crippen molar-refractivity contribution in [3.63, 3.8) is 0 Å². The molecule has 0 fully saturated rings. The van der Waals surface area contributed by atoms with Crippen molar-refractivity contribution in [2.75, 3.05) is 19.6 Å². The Morgan fingerprint density at radius 3 is 1.88 bits per heavy atom. The summed E-state index contributed by atoms with van der Waals surface area (Å²) < 4.78 is 76.1. The average molecular weight is 362 g/mol. The highest BCUT2D eigenvalue weighted by molar-refractivity contribution is 5.95. The number of anilines is 1. The predicted octanol–water partition coefficient (Wildman–Crippen LogP) is 3.16. The lowest BCUT2D eigenvalue weighted by molar-refractivity contribution is 0.0962. The summed E-state index contributed by atoms with van der Waals surface area (Å²) in [6.45, 7) is 0. The molecular weight excluding hydrogens is 351 g/mol. The molecule has 134 valence electrons. The fourth-order valence-corrected chi connectivity index (χ4v) is 1.88. The molecule has 0 radical (unpaired) electrons. The number of methoxy groups -OCH3 is 2. The second kappa shape index (κ2) is 7.24. The smallest absolute Gasteiger partial charge is 0.269 e. The summed E-state index contributed by atoms with van der Waals surface area (Å²) in [4.78, 5) is 12.0. The first kappa shape index (κ1) is 18.3. The molecule has 25 heavy (non-hydrogen) atoms. The Kier molecular flexibility index (Phi) is 5.30. The van der Waals surface area contributed by atoms with E-state index in [1.807, 2.05) is 5.43 Å². The molecule has 5 nitrogen and oxygen atoms in total. The molecule has 0 aliphatic carbocycles. The molecule has 1 amide bonds. The standard InChI is InChI=1S/C15H11F5N2O3/c1-24-7-4-3-6(5-8(7)25-2)15(23)22-21-14-12(19)10(17)9(16)11(18)13(14)20/h3-5,21H,1-2H3,(H,22,23). The zero-order valence-electron chi connectivity index (χ0n) is 12.8. The van der Waals surface area contributed by atoms with Crippen LogP contribution in [0.25, 0.3) is 0 Å². The van der Waals surface area contributed by atoms with E-state index in [0.29, 0.717) is 5.75 Å². The maximum atomic E-state index is 13.5. The summed E-state index contributed by atoms with van der Waals surface area (Å²) in [5.41, 5.74) is 2.12. The molecule has 2 rings (SSSR count). The van der Waals surface area contributed by atoms with Gasteiger partial charge in [0.15, 0.2) is 34.8 Å². The first-order valence-electron chi connectivity index (χ1n) is 6.61. The second-order valence-electron chi connectivity index (χ2n) is 4.59. The largest absolute Gasteiger partial charge is 0.493 e. The van der Waals surface area contributed by atoms with E-state index in [0.717, 1.165) is 0 Å². The molecule has 2 aromatic rings. The molecule has 0 atom stereocenters. The van der Waals surface area contributed by atoms with Gasteiger partial charge in [-0.05, 0) is 18.2 Å². The highest BCUT2D eigenvalue weighted by atomic mass is 19.2. The molecule has 2 N–H and O–H groups in total. The van der Waals surface area contributed by atoms with E-state index in [1.165, 1.54) is 32.4 Å². The van der Waals surface area contributed by atoms with E-state index in [-0.39, 0.29) is 11.3 Å². The quantitative estimate of drug-likeness (QED) is 0.371. The number of carbonyl (C=O) groups is 1. The third-order valence-corrected chi connectivity index (χ3v) is 3.16. The van der Waals surface area contributed by atoms with E-state index < -0.39 is 40.7 Å². The predicted molar refractivity (Wildman–Crippen MR) is 76.9 cm³/mol. The van der Waals surface area contributed by atoms with Crippen molar-refractivity contribution in [3.05, 3.63) is 52.8 Å². The van der Waals surface area contributed by atoms with Crippen LogP contribution in [0.4, 0.5) is 27.6 Å². The van der Waals surface area contributed by atoms with Gasteiger partial charge >= 0.3 is 0 Å². The molecular formula is C15H11F5N2O3. The van der Waals surface area contributed by atoms with Crippen molar-refractivity contribution >= 4 is 11.6 Å². The number of amides is 1. The summed E-state index contributed by atoms with van der Waals surface area (Å²) in [6.07, 6.45) is 0. The fourth-order valence-electron chi connectivity index (χ4n) is 1.88. The third-order valence-electron chi connectivity index (χ3n) is 3.16. The number of hydrogen-bond acceptors (Lipinski definition) is 4. The highest BCUT2D eigenvalue weighted by Crippen LogP contribution is 2.28. The van der Waals surface area contributed by atoms with Gasteiger partial charge in [0.1, 0.15) is 5.69 Å². The van der Waals surface area contributed by atoms with Crippen molar-refractivity contribution in [1.29, 1.82) is 0 Å². The number of carbonyl (C=O) groups excluding carboxylic acids is 1. The van der Waals surface area contributed by atoms with Crippen LogP contribution < -0.4 is 20.3 Å². The summed E-state index contributed by atoms with van der Waals surface area (Å²) in [5.74, 6) is -11.2. The molecule has 10 heteroatoms. The van der Waals surface area contributed by atoms with Gasteiger partial charge in [-0.2, -0.15) is 0 Å². The first-order chi connectivity index (χ1) is 11.8. The lowest BCUT2D eigenvalue weighted by Crippen LogP contribution is -2.31. The highest BCUT2D eigenvalue weighted by Gasteiger charge is 2.26. The van der Waals surface area contributed by atoms with Crippen LogP contribution in [0.5, 0.6) is 11.5 Å². The van der Waals surface area contributed by atoms with Gasteiger partial charge in [0.2, 0.25) is 5.82 Å². The molecule has 2 aromatic carbocycles. The molecule has 0 aliphatic rings. The van der Waals surface area contributed by atoms with Crippen LogP contribution in [-0.4, -0.2) is 20.1 Å². The Hall–Kier alpha value is -3.04. The number of nitrogens with one attached hydrogen (secondary N) is 2. The minimum Gasteiger partial charge on any atom is -0.493 e. The minimum atomic E-state index is -2.30. The molecule has 0 spiro atoms. The van der Waals surface area contributed by atoms with Gasteiger partial charge in [0.25, 0.3) is 5.91 Å². The van der Waals surface area contributed by atoms with Crippen molar-refractivity contribution < 1.29 is 36.2 Å². The third kappa shape index (κ3) is 3.42. The van der Waals surface area contributed by atoms with Crippen molar-refractivity contribution in [2.45, 2.75) is 0 Å². The molecule has 0 aromatic heterocycles. The Morgan fingerprint density at radius 1 is 0.840 bits per heavy atom. The molecule has 0 unspecified atom stereocenters. The average Bonchev–Trinajstić information content (AvgIpc) is 2.63. The van der Waals surface area contributed by atoms with Crippen molar-refractivity contribution in [1.82, 2.24) is 5.43 Å². The maximum absolute atomic E-state index is 13.5. The number of halogens is 5. The summed E-state index contributed by atoms with van der Waals surface area (Å²) >= 11 is 0. The van der Waals surface area contributed by atoms with E-state index in [9.17, 15) is 26.7 Å². The second-order valence-corrected chi connectivity index (χ2v) is 4.59. The van der Waals surface area contributed by atoms with E-state index in [2.05, 4.69) is 0 Å². The Labute approximate surface area is 138 Å². The number of ether oxygens (including phenoxy) is 2. The van der Waals surface area contributed by atoms with Gasteiger partial charge in [0.05, 0.1) is 14.2 Å². The van der Waals surface area contributed by atoms with E-state index >= 15 is 0 Å². The van der Waals surface area contributed by atoms with Crippen LogP contribution in [0.15, 0.2) is 18.2 Å². The molecule has 0 bridgehead atoms. The summed E-state index contributed by atoms with van der Waals surface area (Å²) in [7, 11) is 2.70. The summed E-state index contributed by atoms with van der Waals surface area (Å²) in [5, 5.41) is 0. The molecule has 0 aliphatic heterocycles. The number of hydrogen-bond donors (Lipinski definition) is 2. The zero-order valence-corrected chi connectivity index (χ0v) is 12.8. The van der Waals surface area contributed by atoms with E-state index in [1.54, 1.807) is 5.43 Å². The summed E-state index contributed by atoms with van der Waals surface area (Å²) in [6, 6.07) is 3.96. The van der Waals surface area contributed by atoms with Crippen LogP contribution in [-0.2, 0) is 0 Å².